The fraction of sp³-hybridized carbons (Fsp3) is 0.312. The average molecular weight is 281 g/mol. The monoisotopic (exact) mass is 281 g/mol. The minimum Gasteiger partial charge on any atom is -0.384 e. The average Bonchev–Trinajstić information content (AvgIpc) is 2.53. The van der Waals surface area contributed by atoms with E-state index < -0.39 is 0 Å². The van der Waals surface area contributed by atoms with Crippen LogP contribution in [0.3, 0.4) is 0 Å². The third kappa shape index (κ3) is 2.59. The normalized spacial score (nSPS) is 13.6. The summed E-state index contributed by atoms with van der Waals surface area (Å²) < 4.78 is 0. The molecule has 0 fully saturated rings. The first kappa shape index (κ1) is 13.5. The lowest BCUT2D eigenvalue weighted by Crippen LogP contribution is -2.18. The number of anilines is 2. The van der Waals surface area contributed by atoms with Gasteiger partial charge in [-0.2, -0.15) is 0 Å². The lowest BCUT2D eigenvalue weighted by molar-refractivity contribution is 0.661. The molecule has 0 saturated heterocycles. The predicted octanol–water partition coefficient (Wildman–Crippen LogP) is 2.41. The van der Waals surface area contributed by atoms with Crippen LogP contribution in [0.1, 0.15) is 29.7 Å². The van der Waals surface area contributed by atoms with E-state index in [4.69, 9.17) is 11.1 Å². The minimum absolute atomic E-state index is 0.0867. The van der Waals surface area contributed by atoms with Gasteiger partial charge in [0.05, 0.1) is 0 Å². The molecule has 5 nitrogen and oxygen atoms in total. The molecule has 1 aliphatic carbocycles. The SMILES string of the molecule is CN(c1ccc(C(=N)N)cc1)c1ncnc2c1CCCC2. The Balaban J connectivity index is 1.95. The number of fused-ring (bicyclic) bond motifs is 1. The smallest absolute Gasteiger partial charge is 0.139 e. The molecule has 0 bridgehead atoms. The van der Waals surface area contributed by atoms with Crippen LogP contribution < -0.4 is 10.6 Å². The molecule has 1 aromatic carbocycles. The van der Waals surface area contributed by atoms with Crippen molar-refractivity contribution >= 4 is 17.3 Å². The van der Waals surface area contributed by atoms with E-state index in [-0.39, 0.29) is 5.84 Å². The fourth-order valence-electron chi connectivity index (χ4n) is 2.78. The molecule has 0 spiro atoms. The third-order valence-corrected chi connectivity index (χ3v) is 3.99. The zero-order chi connectivity index (χ0) is 14.8. The quantitative estimate of drug-likeness (QED) is 0.669. The van der Waals surface area contributed by atoms with Crippen molar-refractivity contribution in [3.05, 3.63) is 47.4 Å². The van der Waals surface area contributed by atoms with Crippen LogP contribution in [0.2, 0.25) is 0 Å². The lowest BCUT2D eigenvalue weighted by atomic mass is 9.96. The summed E-state index contributed by atoms with van der Waals surface area (Å²) in [5.41, 5.74) is 9.70. The van der Waals surface area contributed by atoms with Crippen LogP contribution in [0.15, 0.2) is 30.6 Å². The van der Waals surface area contributed by atoms with Crippen molar-refractivity contribution in [3.63, 3.8) is 0 Å². The molecule has 1 aromatic heterocycles. The molecule has 5 heteroatoms. The number of hydrogen-bond donors (Lipinski definition) is 2. The highest BCUT2D eigenvalue weighted by atomic mass is 15.2. The van der Waals surface area contributed by atoms with Gasteiger partial charge >= 0.3 is 0 Å². The predicted molar refractivity (Wildman–Crippen MR) is 84.2 cm³/mol. The van der Waals surface area contributed by atoms with E-state index in [2.05, 4.69) is 14.9 Å². The van der Waals surface area contributed by atoms with E-state index >= 15 is 0 Å². The van der Waals surface area contributed by atoms with Gasteiger partial charge in [0.25, 0.3) is 0 Å². The van der Waals surface area contributed by atoms with Crippen molar-refractivity contribution in [2.45, 2.75) is 25.7 Å². The molecule has 1 aliphatic rings. The topological polar surface area (TPSA) is 78.9 Å². The highest BCUT2D eigenvalue weighted by Gasteiger charge is 2.18. The standard InChI is InChI=1S/C16H19N5/c1-21(12-8-6-11(7-9-12)15(17)18)16-13-4-2-3-5-14(13)19-10-20-16/h6-10H,2-5H2,1H3,(H3,17,18). The zero-order valence-electron chi connectivity index (χ0n) is 12.1. The number of nitrogen functional groups attached to an aromatic ring is 1. The Morgan fingerprint density at radius 2 is 1.86 bits per heavy atom. The van der Waals surface area contributed by atoms with E-state index in [9.17, 15) is 0 Å². The molecule has 3 rings (SSSR count). The fourth-order valence-corrected chi connectivity index (χ4v) is 2.78. The molecule has 0 aliphatic heterocycles. The summed E-state index contributed by atoms with van der Waals surface area (Å²) >= 11 is 0. The van der Waals surface area contributed by atoms with Crippen molar-refractivity contribution in [1.82, 2.24) is 9.97 Å². The number of aryl methyl sites for hydroxylation is 1. The Morgan fingerprint density at radius 3 is 2.57 bits per heavy atom. The molecule has 0 unspecified atom stereocenters. The van der Waals surface area contributed by atoms with Gasteiger partial charge in [-0.1, -0.05) is 0 Å². The Hall–Kier alpha value is -2.43. The van der Waals surface area contributed by atoms with Gasteiger partial charge in [0.15, 0.2) is 0 Å². The molecular weight excluding hydrogens is 262 g/mol. The van der Waals surface area contributed by atoms with Gasteiger partial charge in [-0.3, -0.25) is 5.41 Å². The van der Waals surface area contributed by atoms with Gasteiger partial charge in [-0.15, -0.1) is 0 Å². The van der Waals surface area contributed by atoms with Crippen molar-refractivity contribution in [2.24, 2.45) is 5.73 Å². The zero-order valence-corrected chi connectivity index (χ0v) is 12.1. The van der Waals surface area contributed by atoms with Crippen LogP contribution in [0.5, 0.6) is 0 Å². The van der Waals surface area contributed by atoms with E-state index in [0.717, 1.165) is 29.9 Å². The Labute approximate surface area is 124 Å². The molecule has 0 amide bonds. The number of nitrogens with zero attached hydrogens (tertiary/aromatic N) is 3. The van der Waals surface area contributed by atoms with Crippen LogP contribution in [0.25, 0.3) is 0 Å². The van der Waals surface area contributed by atoms with Gasteiger partial charge in [0, 0.05) is 29.6 Å². The minimum atomic E-state index is 0.0867. The summed E-state index contributed by atoms with van der Waals surface area (Å²) in [5, 5.41) is 7.45. The number of aromatic nitrogens is 2. The van der Waals surface area contributed by atoms with Gasteiger partial charge < -0.3 is 10.6 Å². The maximum atomic E-state index is 7.45. The summed E-state index contributed by atoms with van der Waals surface area (Å²) in [7, 11) is 2.01. The van der Waals surface area contributed by atoms with E-state index in [1.807, 2.05) is 31.3 Å². The second kappa shape index (κ2) is 5.52. The highest BCUT2D eigenvalue weighted by Crippen LogP contribution is 2.30. The third-order valence-electron chi connectivity index (χ3n) is 3.99. The Morgan fingerprint density at radius 1 is 1.14 bits per heavy atom. The number of rotatable bonds is 3. The van der Waals surface area contributed by atoms with Crippen LogP contribution >= 0.6 is 0 Å². The molecule has 1 heterocycles. The molecule has 0 saturated carbocycles. The number of hydrogen-bond acceptors (Lipinski definition) is 4. The second-order valence-electron chi connectivity index (χ2n) is 5.35. The second-order valence-corrected chi connectivity index (χ2v) is 5.35. The first-order valence-corrected chi connectivity index (χ1v) is 7.18. The number of benzene rings is 1. The Kier molecular flexibility index (Phi) is 3.56. The lowest BCUT2D eigenvalue weighted by Gasteiger charge is -2.24. The summed E-state index contributed by atoms with van der Waals surface area (Å²) in [5.74, 6) is 1.07. The van der Waals surface area contributed by atoms with Crippen LogP contribution in [-0.2, 0) is 12.8 Å². The highest BCUT2D eigenvalue weighted by molar-refractivity contribution is 5.95. The van der Waals surface area contributed by atoms with Crippen molar-refractivity contribution in [3.8, 4) is 0 Å². The number of nitrogens with one attached hydrogen (secondary N) is 1. The maximum Gasteiger partial charge on any atom is 0.139 e. The summed E-state index contributed by atoms with van der Waals surface area (Å²) in [6.45, 7) is 0. The first-order chi connectivity index (χ1) is 10.2. The number of nitrogens with two attached hydrogens (primary N) is 1. The molecular formula is C16H19N5. The van der Waals surface area contributed by atoms with Crippen LogP contribution in [-0.4, -0.2) is 22.9 Å². The van der Waals surface area contributed by atoms with Crippen LogP contribution in [0.4, 0.5) is 11.5 Å². The largest absolute Gasteiger partial charge is 0.384 e. The maximum absolute atomic E-state index is 7.45. The van der Waals surface area contributed by atoms with Gasteiger partial charge in [-0.25, -0.2) is 9.97 Å². The number of amidine groups is 1. The molecule has 2 aromatic rings. The van der Waals surface area contributed by atoms with Crippen LogP contribution in [0, 0.1) is 5.41 Å². The summed E-state index contributed by atoms with van der Waals surface area (Å²) in [6.07, 6.45) is 6.15. The van der Waals surface area contributed by atoms with E-state index in [1.54, 1.807) is 6.33 Å². The first-order valence-electron chi connectivity index (χ1n) is 7.18. The summed E-state index contributed by atoms with van der Waals surface area (Å²) in [6, 6.07) is 7.66. The van der Waals surface area contributed by atoms with Gasteiger partial charge in [0.1, 0.15) is 18.0 Å². The molecule has 3 N–H and O–H groups in total. The van der Waals surface area contributed by atoms with E-state index in [0.29, 0.717) is 0 Å². The molecule has 21 heavy (non-hydrogen) atoms. The van der Waals surface area contributed by atoms with Crippen molar-refractivity contribution < 1.29 is 0 Å². The molecule has 0 radical (unpaired) electrons. The molecule has 108 valence electrons. The van der Waals surface area contributed by atoms with Gasteiger partial charge in [0.2, 0.25) is 0 Å². The Bertz CT molecular complexity index is 663. The van der Waals surface area contributed by atoms with E-state index in [1.165, 1.54) is 24.1 Å². The van der Waals surface area contributed by atoms with Crippen molar-refractivity contribution in [2.75, 3.05) is 11.9 Å². The van der Waals surface area contributed by atoms with Crippen molar-refractivity contribution in [1.29, 1.82) is 5.41 Å². The van der Waals surface area contributed by atoms with Gasteiger partial charge in [-0.05, 0) is 49.9 Å². The summed E-state index contributed by atoms with van der Waals surface area (Å²) in [4.78, 5) is 11.0. The molecule has 0 atom stereocenters.